The highest BCUT2D eigenvalue weighted by Gasteiger charge is 2.18. The highest BCUT2D eigenvalue weighted by Crippen LogP contribution is 2.31. The van der Waals surface area contributed by atoms with Crippen molar-refractivity contribution in [2.24, 2.45) is 0 Å². The molecule has 138 valence electrons. The third-order valence-corrected chi connectivity index (χ3v) is 4.48. The summed E-state index contributed by atoms with van der Waals surface area (Å²) in [4.78, 5) is 21.6. The molecule has 1 aromatic carbocycles. The van der Waals surface area contributed by atoms with Gasteiger partial charge in [0.1, 0.15) is 5.82 Å². The summed E-state index contributed by atoms with van der Waals surface area (Å²) in [6.45, 7) is 3.96. The molecule has 26 heavy (non-hydrogen) atoms. The molecule has 1 amide bonds. The van der Waals surface area contributed by atoms with Crippen molar-refractivity contribution in [2.45, 2.75) is 0 Å². The second-order valence-electron chi connectivity index (χ2n) is 6.19. The number of carbonyl (C=O) groups excluding carboxylic acids is 1. The first kappa shape index (κ1) is 18.0. The van der Waals surface area contributed by atoms with Crippen LogP contribution in [-0.2, 0) is 0 Å². The molecule has 0 bridgehead atoms. The maximum Gasteiger partial charge on any atom is 0.259 e. The Balaban J connectivity index is 1.70. The molecule has 0 atom stereocenters. The maximum absolute atomic E-state index is 12.6. The van der Waals surface area contributed by atoms with Crippen LogP contribution in [0.3, 0.4) is 0 Å². The number of pyridine rings is 1. The first-order valence-corrected chi connectivity index (χ1v) is 8.54. The van der Waals surface area contributed by atoms with E-state index in [-0.39, 0.29) is 5.91 Å². The first-order chi connectivity index (χ1) is 12.6. The molecule has 1 aliphatic rings. The molecular formula is C19H24N4O3. The van der Waals surface area contributed by atoms with Crippen LogP contribution in [0, 0.1) is 0 Å². The number of likely N-dealkylation sites (N-methyl/N-ethyl adjacent to an activating group) is 1. The largest absolute Gasteiger partial charge is 0.493 e. The van der Waals surface area contributed by atoms with Crippen LogP contribution in [0.1, 0.15) is 10.4 Å². The maximum atomic E-state index is 12.6. The van der Waals surface area contributed by atoms with Gasteiger partial charge in [-0.25, -0.2) is 4.98 Å². The summed E-state index contributed by atoms with van der Waals surface area (Å²) in [6, 6.07) is 9.00. The van der Waals surface area contributed by atoms with Gasteiger partial charge in [-0.15, -0.1) is 0 Å². The van der Waals surface area contributed by atoms with E-state index in [4.69, 9.17) is 9.47 Å². The Labute approximate surface area is 153 Å². The van der Waals surface area contributed by atoms with Crippen LogP contribution in [0.25, 0.3) is 0 Å². The van der Waals surface area contributed by atoms with E-state index >= 15 is 0 Å². The molecule has 0 saturated carbocycles. The van der Waals surface area contributed by atoms with E-state index < -0.39 is 0 Å². The van der Waals surface area contributed by atoms with E-state index in [0.717, 1.165) is 32.0 Å². The number of rotatable bonds is 5. The Hall–Kier alpha value is -2.80. The molecule has 1 aliphatic heterocycles. The molecule has 0 aliphatic carbocycles. The molecule has 1 aromatic heterocycles. The summed E-state index contributed by atoms with van der Waals surface area (Å²) in [7, 11) is 5.18. The van der Waals surface area contributed by atoms with Gasteiger partial charge in [-0.05, 0) is 31.3 Å². The Kier molecular flexibility index (Phi) is 5.58. The van der Waals surface area contributed by atoms with Gasteiger partial charge in [0.15, 0.2) is 11.5 Å². The monoisotopic (exact) mass is 356 g/mol. The second-order valence-corrected chi connectivity index (χ2v) is 6.19. The molecule has 1 N–H and O–H groups in total. The number of carbonyl (C=O) groups is 1. The lowest BCUT2D eigenvalue weighted by Crippen LogP contribution is -2.44. The molecular weight excluding hydrogens is 332 g/mol. The van der Waals surface area contributed by atoms with Gasteiger partial charge in [-0.1, -0.05) is 6.07 Å². The molecule has 0 unspecified atom stereocenters. The van der Waals surface area contributed by atoms with Crippen molar-refractivity contribution in [2.75, 3.05) is 57.7 Å². The minimum atomic E-state index is -0.269. The lowest BCUT2D eigenvalue weighted by molar-refractivity contribution is 0.102. The van der Waals surface area contributed by atoms with E-state index in [1.165, 1.54) is 7.11 Å². The normalized spacial score (nSPS) is 14.8. The van der Waals surface area contributed by atoms with Gasteiger partial charge >= 0.3 is 0 Å². The van der Waals surface area contributed by atoms with Crippen LogP contribution in [0.5, 0.6) is 11.5 Å². The van der Waals surface area contributed by atoms with Gasteiger partial charge in [0, 0.05) is 26.2 Å². The summed E-state index contributed by atoms with van der Waals surface area (Å²) in [5, 5.41) is 2.86. The zero-order chi connectivity index (χ0) is 18.5. The van der Waals surface area contributed by atoms with Crippen molar-refractivity contribution in [3.05, 3.63) is 42.1 Å². The van der Waals surface area contributed by atoms with E-state index in [2.05, 4.69) is 27.1 Å². The van der Waals surface area contributed by atoms with Gasteiger partial charge in [-0.2, -0.15) is 0 Å². The third-order valence-electron chi connectivity index (χ3n) is 4.48. The summed E-state index contributed by atoms with van der Waals surface area (Å²) in [5.41, 5.74) is 1.05. The zero-order valence-corrected chi connectivity index (χ0v) is 15.4. The fourth-order valence-corrected chi connectivity index (χ4v) is 2.95. The van der Waals surface area contributed by atoms with Crippen LogP contribution in [0.2, 0.25) is 0 Å². The Morgan fingerprint density at radius 3 is 2.46 bits per heavy atom. The number of hydrogen-bond donors (Lipinski definition) is 1. The van der Waals surface area contributed by atoms with Gasteiger partial charge in [0.25, 0.3) is 5.91 Å². The van der Waals surface area contributed by atoms with Gasteiger partial charge in [0.2, 0.25) is 0 Å². The number of hydrogen-bond acceptors (Lipinski definition) is 6. The van der Waals surface area contributed by atoms with Crippen molar-refractivity contribution in [1.82, 2.24) is 9.88 Å². The fraction of sp³-hybridized carbons (Fsp3) is 0.368. The summed E-state index contributed by atoms with van der Waals surface area (Å²) >= 11 is 0. The quantitative estimate of drug-likeness (QED) is 0.885. The van der Waals surface area contributed by atoms with E-state index in [0.29, 0.717) is 22.7 Å². The molecule has 7 heteroatoms. The first-order valence-electron chi connectivity index (χ1n) is 8.54. The minimum Gasteiger partial charge on any atom is -0.493 e. The molecule has 0 radical (unpaired) electrons. The van der Waals surface area contributed by atoms with Crippen LogP contribution >= 0.6 is 0 Å². The molecule has 1 saturated heterocycles. The number of amides is 1. The number of nitrogens with zero attached hydrogens (tertiary/aromatic N) is 3. The molecule has 2 heterocycles. The molecule has 2 aromatic rings. The predicted molar refractivity (Wildman–Crippen MR) is 101 cm³/mol. The number of ether oxygens (including phenoxy) is 2. The molecule has 1 fully saturated rings. The van der Waals surface area contributed by atoms with E-state index in [9.17, 15) is 4.79 Å². The summed E-state index contributed by atoms with van der Waals surface area (Å²) in [6.07, 6.45) is 1.68. The van der Waals surface area contributed by atoms with E-state index in [1.54, 1.807) is 31.5 Å². The highest BCUT2D eigenvalue weighted by atomic mass is 16.5. The van der Waals surface area contributed by atoms with Gasteiger partial charge in [0.05, 0.1) is 31.7 Å². The smallest absolute Gasteiger partial charge is 0.259 e. The number of benzene rings is 1. The van der Waals surface area contributed by atoms with Gasteiger partial charge < -0.3 is 24.6 Å². The lowest BCUT2D eigenvalue weighted by atomic mass is 10.1. The zero-order valence-electron chi connectivity index (χ0n) is 15.4. The Morgan fingerprint density at radius 2 is 1.85 bits per heavy atom. The van der Waals surface area contributed by atoms with Crippen LogP contribution in [0.4, 0.5) is 11.5 Å². The lowest BCUT2D eigenvalue weighted by Gasteiger charge is -2.33. The average molecular weight is 356 g/mol. The molecule has 7 nitrogen and oxygen atoms in total. The number of anilines is 2. The van der Waals surface area contributed by atoms with Crippen molar-refractivity contribution in [1.29, 1.82) is 0 Å². The third kappa shape index (κ3) is 3.88. The predicted octanol–water partition coefficient (Wildman–Crippen LogP) is 2.10. The fourth-order valence-electron chi connectivity index (χ4n) is 2.95. The Bertz CT molecular complexity index is 756. The van der Waals surface area contributed by atoms with Crippen molar-refractivity contribution in [3.63, 3.8) is 0 Å². The number of aromatic nitrogens is 1. The number of para-hydroxylation sites is 1. The van der Waals surface area contributed by atoms with Crippen LogP contribution in [0.15, 0.2) is 36.5 Å². The second kappa shape index (κ2) is 8.05. The average Bonchev–Trinajstić information content (AvgIpc) is 2.68. The number of methoxy groups -OCH3 is 2. The Morgan fingerprint density at radius 1 is 1.08 bits per heavy atom. The molecule has 3 rings (SSSR count). The van der Waals surface area contributed by atoms with Crippen LogP contribution in [-0.4, -0.2) is 63.2 Å². The number of piperazine rings is 1. The SMILES string of the molecule is COc1cccc(C(=O)Nc2ccc(N3CCN(C)CC3)nc2)c1OC. The van der Waals surface area contributed by atoms with Crippen molar-refractivity contribution >= 4 is 17.4 Å². The highest BCUT2D eigenvalue weighted by molar-refractivity contribution is 6.06. The van der Waals surface area contributed by atoms with Crippen molar-refractivity contribution < 1.29 is 14.3 Å². The summed E-state index contributed by atoms with van der Waals surface area (Å²) < 4.78 is 10.6. The topological polar surface area (TPSA) is 66.9 Å². The summed E-state index contributed by atoms with van der Waals surface area (Å²) in [5.74, 6) is 1.59. The standard InChI is InChI=1S/C19H24N4O3/c1-22-9-11-23(12-10-22)17-8-7-14(13-20-17)21-19(24)15-5-4-6-16(25-2)18(15)26-3/h4-8,13H,9-12H2,1-3H3,(H,21,24). The van der Waals surface area contributed by atoms with Crippen molar-refractivity contribution in [3.8, 4) is 11.5 Å². The van der Waals surface area contributed by atoms with Gasteiger partial charge in [-0.3, -0.25) is 4.79 Å². The van der Waals surface area contributed by atoms with Crippen LogP contribution < -0.4 is 19.7 Å². The number of nitrogens with one attached hydrogen (secondary N) is 1. The molecule has 0 spiro atoms. The van der Waals surface area contributed by atoms with E-state index in [1.807, 2.05) is 12.1 Å². The minimum absolute atomic E-state index is 0.269.